The second kappa shape index (κ2) is 8.15. The maximum atomic E-state index is 3.81. The molecule has 0 spiro atoms. The summed E-state index contributed by atoms with van der Waals surface area (Å²) in [5.74, 6) is 0. The van der Waals surface area contributed by atoms with Crippen molar-refractivity contribution in [2.75, 3.05) is 0 Å². The zero-order valence-electron chi connectivity index (χ0n) is 14.9. The highest BCUT2D eigenvalue weighted by Crippen LogP contribution is 2.37. The number of hydrogen-bond acceptors (Lipinski definition) is 0. The first-order chi connectivity index (χ1) is 11.8. The number of benzene rings is 2. The summed E-state index contributed by atoms with van der Waals surface area (Å²) in [6.45, 7) is 5.91. The molecule has 2 aromatic carbocycles. The first-order valence-electron chi connectivity index (χ1n) is 9.28. The Bertz CT molecular complexity index is 734. The topological polar surface area (TPSA) is 0 Å². The van der Waals surface area contributed by atoms with Gasteiger partial charge in [-0.3, -0.25) is 0 Å². The fourth-order valence-electron chi connectivity index (χ4n) is 3.67. The number of rotatable bonds is 8. The van der Waals surface area contributed by atoms with Crippen molar-refractivity contribution in [2.45, 2.75) is 51.9 Å². The Morgan fingerprint density at radius 2 is 1.46 bits per heavy atom. The molecule has 0 nitrogen and oxygen atoms in total. The standard InChI is InChI=1S/C24H28/c1-3-5-7-9-11-20-13-15-24-22(17-20)18-21-16-19(10-8-6-4-2)12-14-23(21)24/h3-5,12-17H,2,6-11,18H2,1H3/b5-3+. The van der Waals surface area contributed by atoms with Crippen LogP contribution in [0.4, 0.5) is 0 Å². The van der Waals surface area contributed by atoms with Gasteiger partial charge in [-0.25, -0.2) is 0 Å². The lowest BCUT2D eigenvalue weighted by atomic mass is 9.99. The van der Waals surface area contributed by atoms with Crippen LogP contribution in [0.2, 0.25) is 0 Å². The third-order valence-corrected chi connectivity index (χ3v) is 4.96. The molecule has 1 aliphatic rings. The Morgan fingerprint density at radius 3 is 2.00 bits per heavy atom. The van der Waals surface area contributed by atoms with Crippen molar-refractivity contribution in [1.29, 1.82) is 0 Å². The monoisotopic (exact) mass is 316 g/mol. The van der Waals surface area contributed by atoms with Gasteiger partial charge in [-0.05, 0) is 85.3 Å². The molecule has 0 saturated heterocycles. The highest BCUT2D eigenvalue weighted by atomic mass is 14.2. The first-order valence-corrected chi connectivity index (χ1v) is 9.28. The van der Waals surface area contributed by atoms with Crippen molar-refractivity contribution in [3.63, 3.8) is 0 Å². The summed E-state index contributed by atoms with van der Waals surface area (Å²) in [5.41, 5.74) is 8.86. The second-order valence-corrected chi connectivity index (χ2v) is 6.80. The summed E-state index contributed by atoms with van der Waals surface area (Å²) < 4.78 is 0. The molecule has 124 valence electrons. The van der Waals surface area contributed by atoms with Gasteiger partial charge in [0, 0.05) is 0 Å². The van der Waals surface area contributed by atoms with E-state index >= 15 is 0 Å². The fraction of sp³-hybridized carbons (Fsp3) is 0.333. The van der Waals surface area contributed by atoms with E-state index in [2.05, 4.69) is 62.1 Å². The number of aryl methyl sites for hydroxylation is 2. The normalized spacial score (nSPS) is 12.4. The van der Waals surface area contributed by atoms with Crippen LogP contribution in [0.25, 0.3) is 11.1 Å². The molecular formula is C24H28. The molecule has 0 heterocycles. The average Bonchev–Trinajstić information content (AvgIpc) is 2.96. The van der Waals surface area contributed by atoms with Gasteiger partial charge < -0.3 is 0 Å². The van der Waals surface area contributed by atoms with Gasteiger partial charge in [-0.15, -0.1) is 6.58 Å². The van der Waals surface area contributed by atoms with Crippen LogP contribution in [0.5, 0.6) is 0 Å². The average molecular weight is 316 g/mol. The third kappa shape index (κ3) is 3.87. The molecule has 0 saturated carbocycles. The summed E-state index contributed by atoms with van der Waals surface area (Å²) in [5, 5.41) is 0. The van der Waals surface area contributed by atoms with Crippen molar-refractivity contribution in [2.24, 2.45) is 0 Å². The van der Waals surface area contributed by atoms with Crippen LogP contribution in [0, 0.1) is 0 Å². The molecule has 0 N–H and O–H groups in total. The second-order valence-electron chi connectivity index (χ2n) is 6.80. The zero-order chi connectivity index (χ0) is 16.8. The van der Waals surface area contributed by atoms with E-state index in [0.29, 0.717) is 0 Å². The summed E-state index contributed by atoms with van der Waals surface area (Å²) in [7, 11) is 0. The lowest BCUT2D eigenvalue weighted by Crippen LogP contribution is -1.88. The van der Waals surface area contributed by atoms with Crippen LogP contribution in [-0.2, 0) is 19.3 Å². The van der Waals surface area contributed by atoms with Gasteiger partial charge in [-0.2, -0.15) is 0 Å². The Labute approximate surface area is 146 Å². The summed E-state index contributed by atoms with van der Waals surface area (Å²) in [4.78, 5) is 0. The van der Waals surface area contributed by atoms with E-state index in [0.717, 1.165) is 19.3 Å². The van der Waals surface area contributed by atoms with E-state index in [1.165, 1.54) is 59.1 Å². The van der Waals surface area contributed by atoms with Crippen molar-refractivity contribution in [3.8, 4) is 11.1 Å². The minimum Gasteiger partial charge on any atom is -0.103 e. The van der Waals surface area contributed by atoms with E-state index in [4.69, 9.17) is 0 Å². The SMILES string of the molecule is C=CCCCc1ccc2c(c1)Cc1cc(CCC/C=C/C)ccc1-2. The number of allylic oxidation sites excluding steroid dienone is 3. The molecule has 0 fully saturated rings. The Kier molecular flexibility index (Phi) is 5.69. The van der Waals surface area contributed by atoms with Crippen molar-refractivity contribution >= 4 is 0 Å². The molecule has 0 radical (unpaired) electrons. The van der Waals surface area contributed by atoms with E-state index in [-0.39, 0.29) is 0 Å². The van der Waals surface area contributed by atoms with E-state index in [1.807, 2.05) is 6.08 Å². The van der Waals surface area contributed by atoms with Crippen molar-refractivity contribution in [1.82, 2.24) is 0 Å². The molecule has 1 aliphatic carbocycles. The molecule has 0 unspecified atom stereocenters. The van der Waals surface area contributed by atoms with Crippen LogP contribution < -0.4 is 0 Å². The van der Waals surface area contributed by atoms with Gasteiger partial charge in [0.25, 0.3) is 0 Å². The Hall–Kier alpha value is -2.08. The van der Waals surface area contributed by atoms with Crippen LogP contribution in [0.15, 0.2) is 61.2 Å². The third-order valence-electron chi connectivity index (χ3n) is 4.96. The largest absolute Gasteiger partial charge is 0.103 e. The Morgan fingerprint density at radius 1 is 0.875 bits per heavy atom. The van der Waals surface area contributed by atoms with Gasteiger partial charge in [0.2, 0.25) is 0 Å². The highest BCUT2D eigenvalue weighted by Gasteiger charge is 2.18. The molecular weight excluding hydrogens is 288 g/mol. The number of fused-ring (bicyclic) bond motifs is 3. The predicted octanol–water partition coefficient (Wildman–Crippen LogP) is 6.67. The Balaban J connectivity index is 1.70. The minimum atomic E-state index is 1.10. The molecule has 24 heavy (non-hydrogen) atoms. The smallest absolute Gasteiger partial charge is 0.00133 e. The van der Waals surface area contributed by atoms with Gasteiger partial charge in [0.15, 0.2) is 0 Å². The molecule has 0 aliphatic heterocycles. The predicted molar refractivity (Wildman–Crippen MR) is 106 cm³/mol. The van der Waals surface area contributed by atoms with E-state index in [9.17, 15) is 0 Å². The fourth-order valence-corrected chi connectivity index (χ4v) is 3.67. The maximum absolute atomic E-state index is 3.81. The van der Waals surface area contributed by atoms with Crippen molar-refractivity contribution < 1.29 is 0 Å². The number of unbranched alkanes of at least 4 members (excludes halogenated alkanes) is 2. The molecule has 0 amide bonds. The molecule has 0 heteroatoms. The minimum absolute atomic E-state index is 1.10. The molecule has 0 aromatic heterocycles. The summed E-state index contributed by atoms with van der Waals surface area (Å²) in [6.07, 6.45) is 14.6. The van der Waals surface area contributed by atoms with Crippen LogP contribution in [-0.4, -0.2) is 0 Å². The lowest BCUT2D eigenvalue weighted by Gasteiger charge is -2.06. The quantitative estimate of drug-likeness (QED) is 0.322. The number of hydrogen-bond donors (Lipinski definition) is 0. The van der Waals surface area contributed by atoms with E-state index in [1.54, 1.807) is 0 Å². The van der Waals surface area contributed by atoms with Gasteiger partial charge >= 0.3 is 0 Å². The summed E-state index contributed by atoms with van der Waals surface area (Å²) >= 11 is 0. The molecule has 2 aromatic rings. The van der Waals surface area contributed by atoms with Gasteiger partial charge in [0.05, 0.1) is 0 Å². The van der Waals surface area contributed by atoms with Crippen LogP contribution >= 0.6 is 0 Å². The summed E-state index contributed by atoms with van der Waals surface area (Å²) in [6, 6.07) is 14.1. The van der Waals surface area contributed by atoms with Crippen molar-refractivity contribution in [3.05, 3.63) is 83.5 Å². The maximum Gasteiger partial charge on any atom is -0.00133 e. The first kappa shape index (κ1) is 16.8. The van der Waals surface area contributed by atoms with Crippen LogP contribution in [0.1, 0.15) is 54.9 Å². The van der Waals surface area contributed by atoms with Gasteiger partial charge in [0.1, 0.15) is 0 Å². The molecule has 0 bridgehead atoms. The lowest BCUT2D eigenvalue weighted by molar-refractivity contribution is 0.840. The van der Waals surface area contributed by atoms with Crippen LogP contribution in [0.3, 0.4) is 0 Å². The zero-order valence-corrected chi connectivity index (χ0v) is 14.9. The van der Waals surface area contributed by atoms with Gasteiger partial charge in [-0.1, -0.05) is 54.6 Å². The highest BCUT2D eigenvalue weighted by molar-refractivity contribution is 5.77. The molecule has 3 rings (SSSR count). The van der Waals surface area contributed by atoms with E-state index < -0.39 is 0 Å². The molecule has 0 atom stereocenters.